The molecule has 0 N–H and O–H groups in total. The van der Waals surface area contributed by atoms with Crippen LogP contribution in [0.5, 0.6) is 5.75 Å². The van der Waals surface area contributed by atoms with Crippen LogP contribution in [0.1, 0.15) is 39.1 Å². The molecule has 0 spiro atoms. The highest BCUT2D eigenvalue weighted by Gasteiger charge is 2.44. The highest BCUT2D eigenvalue weighted by atomic mass is 16.6. The predicted octanol–water partition coefficient (Wildman–Crippen LogP) is 6.36. The molecule has 0 aliphatic carbocycles. The SMILES string of the molecule is O=C(c1ccccc1)C1C(c2ccc([N+](=O)[O-])cc2)Oc2ccccc2C1c1ccccc1. The largest absolute Gasteiger partial charge is 0.485 e. The van der Waals surface area contributed by atoms with Crippen LogP contribution in [0.2, 0.25) is 0 Å². The number of para-hydroxylation sites is 1. The topological polar surface area (TPSA) is 69.4 Å². The second-order valence-corrected chi connectivity index (χ2v) is 8.07. The van der Waals surface area contributed by atoms with E-state index in [1.807, 2.05) is 84.9 Å². The summed E-state index contributed by atoms with van der Waals surface area (Å²) >= 11 is 0. The summed E-state index contributed by atoms with van der Waals surface area (Å²) in [5.74, 6) is -0.0932. The Labute approximate surface area is 191 Å². The molecule has 5 nitrogen and oxygen atoms in total. The number of ketones is 1. The maximum Gasteiger partial charge on any atom is 0.269 e. The smallest absolute Gasteiger partial charge is 0.269 e. The highest BCUT2D eigenvalue weighted by molar-refractivity contribution is 5.99. The van der Waals surface area contributed by atoms with Gasteiger partial charge in [0.2, 0.25) is 0 Å². The molecule has 5 heteroatoms. The summed E-state index contributed by atoms with van der Waals surface area (Å²) in [5, 5.41) is 11.2. The summed E-state index contributed by atoms with van der Waals surface area (Å²) in [4.78, 5) is 24.7. The molecule has 0 amide bonds. The van der Waals surface area contributed by atoms with Crippen LogP contribution in [-0.4, -0.2) is 10.7 Å². The minimum atomic E-state index is -0.599. The van der Waals surface area contributed by atoms with Gasteiger partial charge < -0.3 is 4.74 Å². The Morgan fingerprint density at radius 2 is 1.33 bits per heavy atom. The number of carbonyl (C=O) groups is 1. The monoisotopic (exact) mass is 435 g/mol. The summed E-state index contributed by atoms with van der Waals surface area (Å²) in [7, 11) is 0. The van der Waals surface area contributed by atoms with Crippen molar-refractivity contribution in [2.45, 2.75) is 12.0 Å². The third kappa shape index (κ3) is 3.89. The molecule has 0 radical (unpaired) electrons. The number of hydrogen-bond donors (Lipinski definition) is 0. The van der Waals surface area contributed by atoms with E-state index in [1.54, 1.807) is 12.1 Å². The van der Waals surface area contributed by atoms with Crippen molar-refractivity contribution in [3.05, 3.63) is 142 Å². The standard InChI is InChI=1S/C28H21NO4/c30-27(20-11-5-2-6-12-20)26-25(19-9-3-1-4-10-19)23-13-7-8-14-24(23)33-28(26)21-15-17-22(18-16-21)29(31)32/h1-18,25-26,28H. The van der Waals surface area contributed by atoms with Crippen LogP contribution >= 0.6 is 0 Å². The molecule has 0 saturated carbocycles. The number of nitro benzene ring substituents is 1. The lowest BCUT2D eigenvalue weighted by Gasteiger charge is -2.39. The van der Waals surface area contributed by atoms with Crippen molar-refractivity contribution in [2.24, 2.45) is 5.92 Å². The van der Waals surface area contributed by atoms with Crippen LogP contribution in [-0.2, 0) is 0 Å². The fourth-order valence-corrected chi connectivity index (χ4v) is 4.62. The number of fused-ring (bicyclic) bond motifs is 1. The number of rotatable bonds is 5. The van der Waals surface area contributed by atoms with E-state index < -0.39 is 16.9 Å². The van der Waals surface area contributed by atoms with Crippen LogP contribution in [0.4, 0.5) is 5.69 Å². The quantitative estimate of drug-likeness (QED) is 0.208. The van der Waals surface area contributed by atoms with Crippen LogP contribution < -0.4 is 4.74 Å². The van der Waals surface area contributed by atoms with Gasteiger partial charge in [0.1, 0.15) is 11.9 Å². The number of Topliss-reactive ketones (excluding diaryl/α,β-unsaturated/α-hetero) is 1. The maximum atomic E-state index is 14.0. The number of non-ortho nitro benzene ring substituents is 1. The second-order valence-electron chi connectivity index (χ2n) is 8.07. The summed E-state index contributed by atoms with van der Waals surface area (Å²) < 4.78 is 6.43. The number of ether oxygens (including phenoxy) is 1. The lowest BCUT2D eigenvalue weighted by Crippen LogP contribution is -2.36. The van der Waals surface area contributed by atoms with Gasteiger partial charge in [0, 0.05) is 29.2 Å². The molecule has 1 heterocycles. The van der Waals surface area contributed by atoms with Crippen molar-refractivity contribution >= 4 is 11.5 Å². The third-order valence-electron chi connectivity index (χ3n) is 6.15. The lowest BCUT2D eigenvalue weighted by atomic mass is 9.71. The molecular formula is C28H21NO4. The Hall–Kier alpha value is -4.25. The van der Waals surface area contributed by atoms with E-state index in [9.17, 15) is 14.9 Å². The van der Waals surface area contributed by atoms with Gasteiger partial charge in [-0.05, 0) is 29.3 Å². The van der Waals surface area contributed by atoms with E-state index >= 15 is 0 Å². The van der Waals surface area contributed by atoms with E-state index in [0.717, 1.165) is 16.7 Å². The number of benzene rings is 4. The molecule has 4 aromatic rings. The Morgan fingerprint density at radius 1 is 0.727 bits per heavy atom. The average molecular weight is 435 g/mol. The summed E-state index contributed by atoms with van der Waals surface area (Å²) in [6.07, 6.45) is -0.599. The van der Waals surface area contributed by atoms with Crippen LogP contribution in [0.15, 0.2) is 109 Å². The van der Waals surface area contributed by atoms with Gasteiger partial charge in [0.05, 0.1) is 10.8 Å². The lowest BCUT2D eigenvalue weighted by molar-refractivity contribution is -0.384. The first-order valence-electron chi connectivity index (χ1n) is 10.8. The number of nitro groups is 1. The van der Waals surface area contributed by atoms with Gasteiger partial charge in [0.15, 0.2) is 5.78 Å². The molecule has 1 aliphatic rings. The van der Waals surface area contributed by atoms with Crippen molar-refractivity contribution in [2.75, 3.05) is 0 Å². The van der Waals surface area contributed by atoms with Gasteiger partial charge in [-0.2, -0.15) is 0 Å². The predicted molar refractivity (Wildman–Crippen MR) is 125 cm³/mol. The first-order valence-corrected chi connectivity index (χ1v) is 10.8. The van der Waals surface area contributed by atoms with Gasteiger partial charge in [-0.25, -0.2) is 0 Å². The van der Waals surface area contributed by atoms with Gasteiger partial charge in [-0.1, -0.05) is 78.9 Å². The fraction of sp³-hybridized carbons (Fsp3) is 0.107. The van der Waals surface area contributed by atoms with Gasteiger partial charge in [-0.15, -0.1) is 0 Å². The Balaban J connectivity index is 1.70. The molecule has 0 fully saturated rings. The molecule has 3 unspecified atom stereocenters. The number of nitrogens with zero attached hydrogens (tertiary/aromatic N) is 1. The van der Waals surface area contributed by atoms with E-state index in [0.29, 0.717) is 11.3 Å². The molecule has 0 saturated heterocycles. The zero-order chi connectivity index (χ0) is 22.8. The minimum absolute atomic E-state index is 0.000467. The molecule has 3 atom stereocenters. The molecule has 5 rings (SSSR count). The zero-order valence-electron chi connectivity index (χ0n) is 17.7. The van der Waals surface area contributed by atoms with Gasteiger partial charge in [0.25, 0.3) is 5.69 Å². The highest BCUT2D eigenvalue weighted by Crippen LogP contribution is 2.50. The van der Waals surface area contributed by atoms with Crippen LogP contribution in [0.25, 0.3) is 0 Å². The van der Waals surface area contributed by atoms with Crippen LogP contribution in [0, 0.1) is 16.0 Å². The molecule has 4 aromatic carbocycles. The molecular weight excluding hydrogens is 414 g/mol. The van der Waals surface area contributed by atoms with Crippen molar-refractivity contribution < 1.29 is 14.5 Å². The second kappa shape index (κ2) is 8.71. The maximum absolute atomic E-state index is 14.0. The summed E-state index contributed by atoms with van der Waals surface area (Å²) in [6, 6.07) is 33.2. The Bertz CT molecular complexity index is 1290. The normalized spacial score (nSPS) is 19.2. The molecule has 162 valence electrons. The number of carbonyl (C=O) groups excluding carboxylic acids is 1. The molecule has 0 bridgehead atoms. The van der Waals surface area contributed by atoms with Gasteiger partial charge >= 0.3 is 0 Å². The fourth-order valence-electron chi connectivity index (χ4n) is 4.62. The zero-order valence-corrected chi connectivity index (χ0v) is 17.7. The first-order chi connectivity index (χ1) is 16.1. The summed E-state index contributed by atoms with van der Waals surface area (Å²) in [5.41, 5.74) is 3.31. The van der Waals surface area contributed by atoms with E-state index in [2.05, 4.69) is 0 Å². The molecule has 33 heavy (non-hydrogen) atoms. The van der Waals surface area contributed by atoms with Crippen molar-refractivity contribution in [3.8, 4) is 5.75 Å². The van der Waals surface area contributed by atoms with E-state index in [1.165, 1.54) is 12.1 Å². The summed E-state index contributed by atoms with van der Waals surface area (Å²) in [6.45, 7) is 0. The first kappa shape index (κ1) is 20.6. The van der Waals surface area contributed by atoms with E-state index in [4.69, 9.17) is 4.74 Å². The van der Waals surface area contributed by atoms with Crippen molar-refractivity contribution in [1.82, 2.24) is 0 Å². The average Bonchev–Trinajstić information content (AvgIpc) is 2.88. The Kier molecular flexibility index (Phi) is 5.45. The molecule has 1 aliphatic heterocycles. The van der Waals surface area contributed by atoms with Crippen molar-refractivity contribution in [3.63, 3.8) is 0 Å². The van der Waals surface area contributed by atoms with Crippen LogP contribution in [0.3, 0.4) is 0 Å². The molecule has 0 aromatic heterocycles. The minimum Gasteiger partial charge on any atom is -0.485 e. The third-order valence-corrected chi connectivity index (χ3v) is 6.15. The Morgan fingerprint density at radius 3 is 2.00 bits per heavy atom. The number of hydrogen-bond acceptors (Lipinski definition) is 4. The van der Waals surface area contributed by atoms with Gasteiger partial charge in [-0.3, -0.25) is 14.9 Å². The van der Waals surface area contributed by atoms with Crippen molar-refractivity contribution in [1.29, 1.82) is 0 Å². The van der Waals surface area contributed by atoms with E-state index in [-0.39, 0.29) is 17.4 Å².